The van der Waals surface area contributed by atoms with E-state index in [2.05, 4.69) is 15.2 Å². The number of hydrogen-bond acceptors (Lipinski definition) is 7. The summed E-state index contributed by atoms with van der Waals surface area (Å²) in [5.74, 6) is 0.362. The molecule has 0 atom stereocenters. The lowest BCUT2D eigenvalue weighted by Gasteiger charge is -2.33. The summed E-state index contributed by atoms with van der Waals surface area (Å²) in [6.45, 7) is 3.72. The van der Waals surface area contributed by atoms with Crippen LogP contribution in [0.1, 0.15) is 17.5 Å². The van der Waals surface area contributed by atoms with Gasteiger partial charge in [0.1, 0.15) is 11.3 Å². The summed E-state index contributed by atoms with van der Waals surface area (Å²) >= 11 is 0. The van der Waals surface area contributed by atoms with Crippen molar-refractivity contribution in [3.8, 4) is 5.75 Å². The normalized spacial score (nSPS) is 14.5. The summed E-state index contributed by atoms with van der Waals surface area (Å²) < 4.78 is 10.1. The van der Waals surface area contributed by atoms with E-state index in [0.717, 1.165) is 0 Å². The van der Waals surface area contributed by atoms with E-state index in [1.54, 1.807) is 42.0 Å². The van der Waals surface area contributed by atoms with Crippen molar-refractivity contribution in [2.45, 2.75) is 6.92 Å². The van der Waals surface area contributed by atoms with Gasteiger partial charge in [0.05, 0.1) is 19.2 Å². The van der Waals surface area contributed by atoms with Crippen molar-refractivity contribution in [1.29, 1.82) is 0 Å². The zero-order valence-electron chi connectivity index (χ0n) is 14.1. The minimum atomic E-state index is -0.356. The lowest BCUT2D eigenvalue weighted by molar-refractivity contribution is 0.0560. The number of methoxy groups -OCH3 is 1. The van der Waals surface area contributed by atoms with Gasteiger partial charge in [-0.3, -0.25) is 4.79 Å². The molecule has 0 unspecified atom stereocenters. The van der Waals surface area contributed by atoms with Gasteiger partial charge in [-0.1, -0.05) is 0 Å². The molecule has 9 nitrogen and oxygen atoms in total. The number of nitrogens with zero attached hydrogens (tertiary/aromatic N) is 5. The minimum absolute atomic E-state index is 0.0327. The Morgan fingerprint density at radius 3 is 2.48 bits per heavy atom. The molecule has 132 valence electrons. The van der Waals surface area contributed by atoms with Crippen LogP contribution in [0.2, 0.25) is 0 Å². The molecule has 0 bridgehead atoms. The highest BCUT2D eigenvalue weighted by atomic mass is 16.6. The van der Waals surface area contributed by atoms with Gasteiger partial charge in [-0.25, -0.2) is 9.78 Å². The molecule has 1 fully saturated rings. The molecule has 0 aliphatic carbocycles. The maximum absolute atomic E-state index is 12.6. The van der Waals surface area contributed by atoms with E-state index in [9.17, 15) is 9.59 Å². The van der Waals surface area contributed by atoms with Gasteiger partial charge in [0, 0.05) is 32.2 Å². The van der Waals surface area contributed by atoms with Gasteiger partial charge in [0.15, 0.2) is 0 Å². The zero-order chi connectivity index (χ0) is 17.8. The number of hydrogen-bond donors (Lipinski definition) is 0. The van der Waals surface area contributed by atoms with Crippen LogP contribution in [0.4, 0.5) is 4.79 Å². The molecule has 0 N–H and O–H groups in total. The SMILES string of the molecule is CCOC(=O)N1CCN(C(=O)c2nnc3ccc(OC)cc3n2)CC1. The molecule has 1 aromatic carbocycles. The highest BCUT2D eigenvalue weighted by Crippen LogP contribution is 2.17. The number of piperazine rings is 1. The van der Waals surface area contributed by atoms with Crippen molar-refractivity contribution in [2.24, 2.45) is 0 Å². The Kier molecular flexibility index (Phi) is 4.92. The summed E-state index contributed by atoms with van der Waals surface area (Å²) in [4.78, 5) is 31.8. The third-order valence-corrected chi connectivity index (χ3v) is 3.95. The average Bonchev–Trinajstić information content (AvgIpc) is 2.66. The van der Waals surface area contributed by atoms with Crippen LogP contribution in [0.3, 0.4) is 0 Å². The molecule has 3 rings (SSSR count). The lowest BCUT2D eigenvalue weighted by atomic mass is 10.3. The number of carbonyl (C=O) groups excluding carboxylic acids is 2. The predicted octanol–water partition coefficient (Wildman–Crippen LogP) is 0.948. The zero-order valence-corrected chi connectivity index (χ0v) is 14.1. The topological polar surface area (TPSA) is 97.8 Å². The number of aromatic nitrogens is 3. The first kappa shape index (κ1) is 16.9. The molecule has 2 heterocycles. The third kappa shape index (κ3) is 3.59. The Bertz CT molecular complexity index is 789. The second kappa shape index (κ2) is 7.29. The standard InChI is InChI=1S/C16H19N5O4/c1-3-25-16(23)21-8-6-20(7-9-21)15(22)14-17-13-10-11(24-2)4-5-12(13)18-19-14/h4-5,10H,3,6-9H2,1-2H3. The number of ether oxygens (including phenoxy) is 2. The van der Waals surface area contributed by atoms with E-state index in [1.807, 2.05) is 0 Å². The Morgan fingerprint density at radius 1 is 1.08 bits per heavy atom. The van der Waals surface area contributed by atoms with E-state index in [-0.39, 0.29) is 17.8 Å². The van der Waals surface area contributed by atoms with Crippen LogP contribution in [0, 0.1) is 0 Å². The molecule has 1 saturated heterocycles. The van der Waals surface area contributed by atoms with Gasteiger partial charge < -0.3 is 19.3 Å². The monoisotopic (exact) mass is 345 g/mol. The highest BCUT2D eigenvalue weighted by molar-refractivity contribution is 5.92. The molecule has 2 amide bonds. The number of amides is 2. The molecule has 9 heteroatoms. The van der Waals surface area contributed by atoms with Gasteiger partial charge in [0.2, 0.25) is 5.82 Å². The van der Waals surface area contributed by atoms with Crippen molar-refractivity contribution >= 4 is 23.0 Å². The molecule has 2 aromatic rings. The summed E-state index contributed by atoms with van der Waals surface area (Å²) in [5, 5.41) is 7.96. The molecule has 1 aliphatic heterocycles. The molecule has 0 saturated carbocycles. The van der Waals surface area contributed by atoms with E-state index < -0.39 is 0 Å². The minimum Gasteiger partial charge on any atom is -0.497 e. The lowest BCUT2D eigenvalue weighted by Crippen LogP contribution is -2.51. The van der Waals surface area contributed by atoms with Crippen LogP contribution in [-0.2, 0) is 4.74 Å². The van der Waals surface area contributed by atoms with E-state index in [0.29, 0.717) is 49.6 Å². The van der Waals surface area contributed by atoms with Crippen LogP contribution in [0.15, 0.2) is 18.2 Å². The maximum atomic E-state index is 12.6. The van der Waals surface area contributed by atoms with Crippen LogP contribution in [0.25, 0.3) is 11.0 Å². The van der Waals surface area contributed by atoms with Gasteiger partial charge in [-0.15, -0.1) is 10.2 Å². The quantitative estimate of drug-likeness (QED) is 0.817. The van der Waals surface area contributed by atoms with Gasteiger partial charge in [-0.05, 0) is 19.1 Å². The largest absolute Gasteiger partial charge is 0.497 e. The molecule has 1 aromatic heterocycles. The number of benzene rings is 1. The second-order valence-electron chi connectivity index (χ2n) is 5.47. The second-order valence-corrected chi connectivity index (χ2v) is 5.47. The van der Waals surface area contributed by atoms with Crippen molar-refractivity contribution in [3.63, 3.8) is 0 Å². The first-order chi connectivity index (χ1) is 12.1. The summed E-state index contributed by atoms with van der Waals surface area (Å²) in [5.41, 5.74) is 1.13. The Balaban J connectivity index is 1.71. The van der Waals surface area contributed by atoms with Gasteiger partial charge in [-0.2, -0.15) is 0 Å². The Hall–Kier alpha value is -2.97. The van der Waals surface area contributed by atoms with Crippen molar-refractivity contribution in [2.75, 3.05) is 39.9 Å². The molecule has 0 spiro atoms. The van der Waals surface area contributed by atoms with E-state index in [4.69, 9.17) is 9.47 Å². The first-order valence-corrected chi connectivity index (χ1v) is 8.02. The third-order valence-electron chi connectivity index (χ3n) is 3.95. The van der Waals surface area contributed by atoms with Crippen molar-refractivity contribution in [1.82, 2.24) is 25.0 Å². The number of rotatable bonds is 3. The maximum Gasteiger partial charge on any atom is 0.409 e. The fraction of sp³-hybridized carbons (Fsp3) is 0.438. The van der Waals surface area contributed by atoms with E-state index >= 15 is 0 Å². The Labute approximate surface area is 144 Å². The van der Waals surface area contributed by atoms with Crippen LogP contribution in [0.5, 0.6) is 5.75 Å². The fourth-order valence-corrected chi connectivity index (χ4v) is 2.58. The van der Waals surface area contributed by atoms with Gasteiger partial charge in [0.25, 0.3) is 5.91 Å². The first-order valence-electron chi connectivity index (χ1n) is 8.02. The molecule has 25 heavy (non-hydrogen) atoms. The predicted molar refractivity (Wildman–Crippen MR) is 88.4 cm³/mol. The van der Waals surface area contributed by atoms with Gasteiger partial charge >= 0.3 is 6.09 Å². The number of fused-ring (bicyclic) bond motifs is 1. The summed E-state index contributed by atoms with van der Waals surface area (Å²) in [6, 6.07) is 5.20. The smallest absolute Gasteiger partial charge is 0.409 e. The molecule has 0 radical (unpaired) electrons. The molecular formula is C16H19N5O4. The molecular weight excluding hydrogens is 326 g/mol. The van der Waals surface area contributed by atoms with E-state index in [1.165, 1.54) is 0 Å². The van der Waals surface area contributed by atoms with Crippen molar-refractivity contribution in [3.05, 3.63) is 24.0 Å². The average molecular weight is 345 g/mol. The number of carbonyl (C=O) groups is 2. The highest BCUT2D eigenvalue weighted by Gasteiger charge is 2.27. The molecule has 1 aliphatic rings. The van der Waals surface area contributed by atoms with Crippen molar-refractivity contribution < 1.29 is 19.1 Å². The fourth-order valence-electron chi connectivity index (χ4n) is 2.58. The van der Waals surface area contributed by atoms with Crippen LogP contribution in [-0.4, -0.2) is 76.9 Å². The van der Waals surface area contributed by atoms with Crippen LogP contribution < -0.4 is 4.74 Å². The summed E-state index contributed by atoms with van der Waals surface area (Å²) in [6.07, 6.45) is -0.356. The summed E-state index contributed by atoms with van der Waals surface area (Å²) in [7, 11) is 1.56. The Morgan fingerprint density at radius 2 is 1.80 bits per heavy atom. The van der Waals surface area contributed by atoms with Crippen LogP contribution >= 0.6 is 0 Å².